The first-order valence-corrected chi connectivity index (χ1v) is 14.7. The van der Waals surface area contributed by atoms with Crippen LogP contribution < -0.4 is 20.7 Å². The number of aromatic hydroxyl groups is 1. The summed E-state index contributed by atoms with van der Waals surface area (Å²) in [5.74, 6) is -0.431. The lowest BCUT2D eigenvalue weighted by Gasteiger charge is -2.35. The molecule has 0 radical (unpaired) electrons. The van der Waals surface area contributed by atoms with E-state index in [1.807, 2.05) is 36.4 Å². The highest BCUT2D eigenvalue weighted by Crippen LogP contribution is 2.28. The fraction of sp³-hybridized carbons (Fsp3) is 0.469. The van der Waals surface area contributed by atoms with E-state index in [2.05, 4.69) is 16.0 Å². The van der Waals surface area contributed by atoms with Crippen molar-refractivity contribution in [1.29, 1.82) is 0 Å². The Labute approximate surface area is 247 Å². The average Bonchev–Trinajstić information content (AvgIpc) is 3.00. The van der Waals surface area contributed by atoms with Crippen molar-refractivity contribution in [3.05, 3.63) is 65.7 Å². The van der Waals surface area contributed by atoms with E-state index < -0.39 is 36.5 Å². The first-order chi connectivity index (χ1) is 20.4. The Balaban J connectivity index is 1.62. The highest BCUT2D eigenvalue weighted by molar-refractivity contribution is 5.93. The van der Waals surface area contributed by atoms with Crippen LogP contribution in [0.2, 0.25) is 0 Å². The standard InChI is InChI=1S/C32H42N4O6/c1-36-27(21-37)31(40)35-26(20-22-13-15-25(38)16-14-22)30(39)34-17-7-11-23-8-5-6-12-28(23)42-19-18-33-29(32(36)41)24-9-3-2-4-10-24/h5-8,11-16,24,26-27,29,33,37-38H,2-4,9-10,17-21H2,1H3,(H,34,39)(H,35,40)/t26-,27+,29+/m1/s1. The molecule has 0 aromatic heterocycles. The minimum Gasteiger partial charge on any atom is -0.508 e. The number of aliphatic hydroxyl groups excluding tert-OH is 1. The zero-order valence-electron chi connectivity index (χ0n) is 24.1. The van der Waals surface area contributed by atoms with Gasteiger partial charge in [-0.2, -0.15) is 0 Å². The van der Waals surface area contributed by atoms with Gasteiger partial charge in [0.05, 0.1) is 12.6 Å². The van der Waals surface area contributed by atoms with Crippen LogP contribution in [0.1, 0.15) is 43.2 Å². The number of amides is 3. The SMILES string of the molecule is CN1C(=O)[C@H](C2CCCCC2)NCCOc2ccccc2C=CCNC(=O)[C@@H](Cc2ccc(O)cc2)NC(=O)[C@@H]1CO. The Morgan fingerprint density at radius 2 is 1.71 bits per heavy atom. The van der Waals surface area contributed by atoms with E-state index in [1.54, 1.807) is 12.1 Å². The number of para-hydroxylation sites is 1. The van der Waals surface area contributed by atoms with Crippen LogP contribution in [-0.4, -0.2) is 84.3 Å². The second-order valence-corrected chi connectivity index (χ2v) is 10.9. The van der Waals surface area contributed by atoms with E-state index in [0.717, 1.165) is 43.2 Å². The van der Waals surface area contributed by atoms with Gasteiger partial charge >= 0.3 is 0 Å². The van der Waals surface area contributed by atoms with E-state index in [-0.39, 0.29) is 30.5 Å². The van der Waals surface area contributed by atoms with Crippen molar-refractivity contribution in [2.24, 2.45) is 5.92 Å². The highest BCUT2D eigenvalue weighted by atomic mass is 16.5. The monoisotopic (exact) mass is 578 g/mol. The van der Waals surface area contributed by atoms with E-state index in [4.69, 9.17) is 4.74 Å². The maximum Gasteiger partial charge on any atom is 0.245 e. The van der Waals surface area contributed by atoms with Gasteiger partial charge in [-0.3, -0.25) is 14.4 Å². The summed E-state index contributed by atoms with van der Waals surface area (Å²) in [4.78, 5) is 41.9. The molecule has 1 aliphatic carbocycles. The van der Waals surface area contributed by atoms with Crippen LogP contribution >= 0.6 is 0 Å². The number of rotatable bonds is 4. The molecule has 0 saturated heterocycles. The van der Waals surface area contributed by atoms with Crippen molar-refractivity contribution in [2.45, 2.75) is 56.7 Å². The molecule has 1 fully saturated rings. The molecule has 1 aliphatic heterocycles. The van der Waals surface area contributed by atoms with Gasteiger partial charge in [0.15, 0.2) is 0 Å². The number of nitrogens with zero attached hydrogens (tertiary/aromatic N) is 1. The summed E-state index contributed by atoms with van der Waals surface area (Å²) in [6, 6.07) is 11.3. The molecule has 4 rings (SSSR count). The second-order valence-electron chi connectivity index (χ2n) is 10.9. The summed E-state index contributed by atoms with van der Waals surface area (Å²) in [6.45, 7) is 0.382. The smallest absolute Gasteiger partial charge is 0.245 e. The van der Waals surface area contributed by atoms with Crippen molar-refractivity contribution in [2.75, 3.05) is 33.4 Å². The Kier molecular flexibility index (Phi) is 11.4. The number of fused-ring (bicyclic) bond motifs is 1. The summed E-state index contributed by atoms with van der Waals surface area (Å²) in [6.07, 6.45) is 8.83. The van der Waals surface area contributed by atoms with Gasteiger partial charge in [0.25, 0.3) is 0 Å². The Hall–Kier alpha value is -3.89. The number of carbonyl (C=O) groups excluding carboxylic acids is 3. The molecule has 0 unspecified atom stereocenters. The van der Waals surface area contributed by atoms with Crippen molar-refractivity contribution >= 4 is 23.8 Å². The number of aliphatic hydroxyl groups is 1. The summed E-state index contributed by atoms with van der Waals surface area (Å²) in [7, 11) is 1.52. The van der Waals surface area contributed by atoms with E-state index in [9.17, 15) is 24.6 Å². The van der Waals surface area contributed by atoms with Crippen LogP contribution in [0.5, 0.6) is 11.5 Å². The molecular formula is C32H42N4O6. The predicted molar refractivity (Wildman–Crippen MR) is 160 cm³/mol. The molecule has 2 aromatic rings. The fourth-order valence-corrected chi connectivity index (χ4v) is 5.62. The van der Waals surface area contributed by atoms with Crippen LogP contribution in [-0.2, 0) is 20.8 Å². The zero-order valence-corrected chi connectivity index (χ0v) is 24.1. The third-order valence-electron chi connectivity index (χ3n) is 8.02. The number of carbonyl (C=O) groups is 3. The molecule has 3 amide bonds. The molecule has 0 spiro atoms. The molecule has 10 heteroatoms. The zero-order chi connectivity index (χ0) is 29.9. The molecule has 1 saturated carbocycles. The number of hydrogen-bond acceptors (Lipinski definition) is 7. The Morgan fingerprint density at radius 3 is 2.45 bits per heavy atom. The number of phenolic OH excluding ortho intramolecular Hbond substituents is 1. The fourth-order valence-electron chi connectivity index (χ4n) is 5.62. The Bertz CT molecular complexity index is 1230. The Morgan fingerprint density at radius 1 is 0.976 bits per heavy atom. The van der Waals surface area contributed by atoms with Gasteiger partial charge in [0.2, 0.25) is 17.7 Å². The van der Waals surface area contributed by atoms with E-state index in [1.165, 1.54) is 24.1 Å². The van der Waals surface area contributed by atoms with Crippen LogP contribution in [0.4, 0.5) is 0 Å². The van der Waals surface area contributed by atoms with Crippen molar-refractivity contribution in [3.63, 3.8) is 0 Å². The largest absolute Gasteiger partial charge is 0.508 e. The van der Waals surface area contributed by atoms with Gasteiger partial charge in [0.1, 0.15) is 30.2 Å². The lowest BCUT2D eigenvalue weighted by Crippen LogP contribution is -2.59. The molecule has 42 heavy (non-hydrogen) atoms. The summed E-state index contributed by atoms with van der Waals surface area (Å²) >= 11 is 0. The van der Waals surface area contributed by atoms with Crippen LogP contribution in [0, 0.1) is 5.92 Å². The van der Waals surface area contributed by atoms with Crippen molar-refractivity contribution < 1.29 is 29.3 Å². The maximum atomic E-state index is 13.8. The summed E-state index contributed by atoms with van der Waals surface area (Å²) in [5, 5.41) is 28.9. The molecule has 10 nitrogen and oxygen atoms in total. The van der Waals surface area contributed by atoms with Crippen LogP contribution in [0.15, 0.2) is 54.6 Å². The third kappa shape index (κ3) is 8.33. The van der Waals surface area contributed by atoms with Crippen molar-refractivity contribution in [3.8, 4) is 11.5 Å². The molecule has 226 valence electrons. The first-order valence-electron chi connectivity index (χ1n) is 14.7. The summed E-state index contributed by atoms with van der Waals surface area (Å²) < 4.78 is 6.06. The van der Waals surface area contributed by atoms with Gasteiger partial charge in [-0.25, -0.2) is 0 Å². The second kappa shape index (κ2) is 15.4. The molecule has 0 bridgehead atoms. The quantitative estimate of drug-likeness (QED) is 0.374. The number of likely N-dealkylation sites (N-methyl/N-ethyl adjacent to an activating group) is 1. The number of benzene rings is 2. The number of ether oxygens (including phenoxy) is 1. The normalized spacial score (nSPS) is 23.6. The lowest BCUT2D eigenvalue weighted by molar-refractivity contribution is -0.144. The summed E-state index contributed by atoms with van der Waals surface area (Å²) in [5.41, 5.74) is 1.58. The number of hydrogen-bond donors (Lipinski definition) is 5. The average molecular weight is 579 g/mol. The van der Waals surface area contributed by atoms with Gasteiger partial charge in [-0.05, 0) is 42.5 Å². The minimum atomic E-state index is -1.18. The van der Waals surface area contributed by atoms with E-state index in [0.29, 0.717) is 18.9 Å². The molecule has 2 aliphatic rings. The van der Waals surface area contributed by atoms with Gasteiger partial charge in [-0.15, -0.1) is 0 Å². The molecule has 2 aromatic carbocycles. The van der Waals surface area contributed by atoms with E-state index >= 15 is 0 Å². The minimum absolute atomic E-state index is 0.0907. The predicted octanol–water partition coefficient (Wildman–Crippen LogP) is 2.00. The number of nitrogens with one attached hydrogen (secondary N) is 3. The van der Waals surface area contributed by atoms with Crippen molar-refractivity contribution in [1.82, 2.24) is 20.9 Å². The number of phenols is 1. The van der Waals surface area contributed by atoms with Gasteiger partial charge in [0, 0.05) is 32.1 Å². The highest BCUT2D eigenvalue weighted by Gasteiger charge is 2.36. The molecule has 5 N–H and O–H groups in total. The van der Waals surface area contributed by atoms with Gasteiger partial charge in [-0.1, -0.05) is 61.7 Å². The topological polar surface area (TPSA) is 140 Å². The molecule has 3 atom stereocenters. The first kappa shape index (κ1) is 31.1. The molecular weight excluding hydrogens is 536 g/mol. The van der Waals surface area contributed by atoms with Gasteiger partial charge < -0.3 is 35.8 Å². The molecule has 1 heterocycles. The third-order valence-corrected chi connectivity index (χ3v) is 8.02. The van der Waals surface area contributed by atoms with Crippen LogP contribution in [0.25, 0.3) is 6.08 Å². The maximum absolute atomic E-state index is 13.8. The lowest BCUT2D eigenvalue weighted by atomic mass is 9.83. The van der Waals surface area contributed by atoms with Crippen LogP contribution in [0.3, 0.4) is 0 Å².